The monoisotopic (exact) mass is 197 g/mol. The molecule has 0 radical (unpaired) electrons. The van der Waals surface area contributed by atoms with Crippen LogP contribution in [0.15, 0.2) is 10.8 Å². The number of carbonyl (C=O) groups is 1. The van der Waals surface area contributed by atoms with Gasteiger partial charge in [-0.25, -0.2) is 4.79 Å². The third-order valence-corrected chi connectivity index (χ3v) is 3.18. The molecule has 70 valence electrons. The lowest BCUT2D eigenvalue weighted by atomic mass is 9.98. The van der Waals surface area contributed by atoms with Gasteiger partial charge in [-0.2, -0.15) is 11.3 Å². The summed E-state index contributed by atoms with van der Waals surface area (Å²) in [5.41, 5.74) is 1.49. The summed E-state index contributed by atoms with van der Waals surface area (Å²) in [6.07, 6.45) is 1.05. The first-order chi connectivity index (χ1) is 6.29. The molecule has 1 saturated heterocycles. The highest BCUT2D eigenvalue weighted by Crippen LogP contribution is 2.28. The fourth-order valence-electron chi connectivity index (χ4n) is 1.72. The highest BCUT2D eigenvalue weighted by Gasteiger charge is 2.22. The summed E-state index contributed by atoms with van der Waals surface area (Å²) >= 11 is 1.47. The van der Waals surface area contributed by atoms with E-state index in [4.69, 9.17) is 5.11 Å². The van der Waals surface area contributed by atoms with E-state index in [1.807, 2.05) is 5.38 Å². The lowest BCUT2D eigenvalue weighted by molar-refractivity contribution is 0.0696. The van der Waals surface area contributed by atoms with Gasteiger partial charge in [0.15, 0.2) is 0 Å². The van der Waals surface area contributed by atoms with Gasteiger partial charge in [-0.1, -0.05) is 0 Å². The van der Waals surface area contributed by atoms with Crippen molar-refractivity contribution in [1.29, 1.82) is 0 Å². The maximum atomic E-state index is 10.8. The van der Waals surface area contributed by atoms with Gasteiger partial charge in [-0.3, -0.25) is 0 Å². The number of nitrogens with one attached hydrogen (secondary N) is 1. The molecule has 2 heterocycles. The van der Waals surface area contributed by atoms with E-state index >= 15 is 0 Å². The number of carboxylic acids is 1. The average molecular weight is 197 g/mol. The van der Waals surface area contributed by atoms with Gasteiger partial charge in [0.05, 0.1) is 5.56 Å². The van der Waals surface area contributed by atoms with Crippen LogP contribution in [0.5, 0.6) is 0 Å². The predicted molar refractivity (Wildman–Crippen MR) is 51.5 cm³/mol. The maximum Gasteiger partial charge on any atom is 0.336 e. The van der Waals surface area contributed by atoms with Crippen molar-refractivity contribution < 1.29 is 9.90 Å². The van der Waals surface area contributed by atoms with Crippen LogP contribution in [0, 0.1) is 0 Å². The smallest absolute Gasteiger partial charge is 0.336 e. The van der Waals surface area contributed by atoms with Gasteiger partial charge < -0.3 is 10.4 Å². The molecule has 0 saturated carbocycles. The topological polar surface area (TPSA) is 49.3 Å². The van der Waals surface area contributed by atoms with Gasteiger partial charge in [0.1, 0.15) is 0 Å². The predicted octanol–water partition coefficient (Wildman–Crippen LogP) is 1.52. The van der Waals surface area contributed by atoms with Crippen LogP contribution in [-0.4, -0.2) is 24.2 Å². The van der Waals surface area contributed by atoms with Crippen molar-refractivity contribution in [3.63, 3.8) is 0 Å². The van der Waals surface area contributed by atoms with Crippen LogP contribution in [0.2, 0.25) is 0 Å². The van der Waals surface area contributed by atoms with Crippen molar-refractivity contribution in [3.05, 3.63) is 21.9 Å². The molecule has 2 rings (SSSR count). The van der Waals surface area contributed by atoms with E-state index in [1.54, 1.807) is 5.38 Å². The van der Waals surface area contributed by atoms with Crippen LogP contribution in [0.1, 0.15) is 28.3 Å². The molecule has 3 nitrogen and oxygen atoms in total. The van der Waals surface area contributed by atoms with Crippen molar-refractivity contribution in [1.82, 2.24) is 5.32 Å². The Morgan fingerprint density at radius 1 is 1.62 bits per heavy atom. The standard InChI is InChI=1S/C9H11NO2S/c11-9(12)8-5-13-4-7(8)6-1-2-10-3-6/h4-6,10H,1-3H2,(H,11,12). The zero-order chi connectivity index (χ0) is 9.26. The zero-order valence-electron chi connectivity index (χ0n) is 7.12. The van der Waals surface area contributed by atoms with E-state index in [-0.39, 0.29) is 0 Å². The van der Waals surface area contributed by atoms with Gasteiger partial charge in [0, 0.05) is 11.9 Å². The molecule has 4 heteroatoms. The van der Waals surface area contributed by atoms with Crippen LogP contribution < -0.4 is 5.32 Å². The first-order valence-corrected chi connectivity index (χ1v) is 5.23. The SMILES string of the molecule is O=C(O)c1cscc1C1CCNC1. The largest absolute Gasteiger partial charge is 0.478 e. The van der Waals surface area contributed by atoms with Crippen LogP contribution in [0.25, 0.3) is 0 Å². The molecule has 0 spiro atoms. The molecule has 13 heavy (non-hydrogen) atoms. The van der Waals surface area contributed by atoms with E-state index in [2.05, 4.69) is 5.32 Å². The Morgan fingerprint density at radius 3 is 3.08 bits per heavy atom. The van der Waals surface area contributed by atoms with Gasteiger partial charge in [0.25, 0.3) is 0 Å². The van der Waals surface area contributed by atoms with Gasteiger partial charge in [-0.05, 0) is 29.8 Å². The minimum absolute atomic E-state index is 0.400. The summed E-state index contributed by atoms with van der Waals surface area (Å²) in [7, 11) is 0. The zero-order valence-corrected chi connectivity index (χ0v) is 7.93. The van der Waals surface area contributed by atoms with E-state index < -0.39 is 5.97 Å². The van der Waals surface area contributed by atoms with Crippen LogP contribution >= 0.6 is 11.3 Å². The molecule has 1 aromatic heterocycles. The fraction of sp³-hybridized carbons (Fsp3) is 0.444. The van der Waals surface area contributed by atoms with Gasteiger partial charge in [-0.15, -0.1) is 0 Å². The van der Waals surface area contributed by atoms with Crippen molar-refractivity contribution in [3.8, 4) is 0 Å². The number of carboxylic acid groups (broad SMARTS) is 1. The Hall–Kier alpha value is -0.870. The molecule has 0 aliphatic carbocycles. The van der Waals surface area contributed by atoms with E-state index in [0.29, 0.717) is 11.5 Å². The molecule has 1 fully saturated rings. The minimum atomic E-state index is -0.803. The normalized spacial score (nSPS) is 22.0. The molecular formula is C9H11NO2S. The Labute approximate surface area is 80.4 Å². The number of thiophene rings is 1. The molecule has 0 amide bonds. The molecule has 0 bridgehead atoms. The first-order valence-electron chi connectivity index (χ1n) is 4.29. The molecule has 1 atom stereocenters. The number of aromatic carboxylic acids is 1. The Kier molecular flexibility index (Phi) is 2.33. The summed E-state index contributed by atoms with van der Waals surface area (Å²) in [4.78, 5) is 10.8. The second-order valence-electron chi connectivity index (χ2n) is 3.24. The molecule has 1 aliphatic heterocycles. The lowest BCUT2D eigenvalue weighted by Crippen LogP contribution is -2.09. The second-order valence-corrected chi connectivity index (χ2v) is 3.98. The molecule has 1 unspecified atom stereocenters. The van der Waals surface area contributed by atoms with Crippen LogP contribution in [-0.2, 0) is 0 Å². The highest BCUT2D eigenvalue weighted by atomic mass is 32.1. The van der Waals surface area contributed by atoms with E-state index in [1.165, 1.54) is 11.3 Å². The Morgan fingerprint density at radius 2 is 2.46 bits per heavy atom. The number of rotatable bonds is 2. The summed E-state index contributed by atoms with van der Waals surface area (Å²) < 4.78 is 0. The first kappa shape index (κ1) is 8.72. The van der Waals surface area contributed by atoms with Crippen LogP contribution in [0.3, 0.4) is 0 Å². The molecule has 2 N–H and O–H groups in total. The summed E-state index contributed by atoms with van der Waals surface area (Å²) in [5, 5.41) is 15.8. The summed E-state index contributed by atoms with van der Waals surface area (Å²) in [6, 6.07) is 0. The Bertz CT molecular complexity index is 315. The van der Waals surface area contributed by atoms with Crippen molar-refractivity contribution in [2.75, 3.05) is 13.1 Å². The molecule has 0 aromatic carbocycles. The third kappa shape index (κ3) is 1.59. The molecular weight excluding hydrogens is 186 g/mol. The van der Waals surface area contributed by atoms with Gasteiger partial charge in [0.2, 0.25) is 0 Å². The second kappa shape index (κ2) is 3.47. The van der Waals surface area contributed by atoms with Crippen molar-refractivity contribution in [2.24, 2.45) is 0 Å². The highest BCUT2D eigenvalue weighted by molar-refractivity contribution is 7.08. The van der Waals surface area contributed by atoms with Gasteiger partial charge >= 0.3 is 5.97 Å². The van der Waals surface area contributed by atoms with Crippen molar-refractivity contribution in [2.45, 2.75) is 12.3 Å². The van der Waals surface area contributed by atoms with Crippen molar-refractivity contribution >= 4 is 17.3 Å². The quantitative estimate of drug-likeness (QED) is 0.755. The summed E-state index contributed by atoms with van der Waals surface area (Å²) in [5.74, 6) is -0.402. The average Bonchev–Trinajstić information content (AvgIpc) is 2.74. The molecule has 1 aliphatic rings. The van der Waals surface area contributed by atoms with E-state index in [9.17, 15) is 4.79 Å². The Balaban J connectivity index is 2.28. The van der Waals surface area contributed by atoms with Crippen LogP contribution in [0.4, 0.5) is 0 Å². The maximum absolute atomic E-state index is 10.8. The fourth-order valence-corrected chi connectivity index (χ4v) is 2.62. The third-order valence-electron chi connectivity index (χ3n) is 2.42. The minimum Gasteiger partial charge on any atom is -0.478 e. The number of hydrogen-bond acceptors (Lipinski definition) is 3. The summed E-state index contributed by atoms with van der Waals surface area (Å²) in [6.45, 7) is 1.91. The number of hydrogen-bond donors (Lipinski definition) is 2. The lowest BCUT2D eigenvalue weighted by Gasteiger charge is -2.06. The molecule has 1 aromatic rings. The van der Waals surface area contributed by atoms with E-state index in [0.717, 1.165) is 25.1 Å².